The van der Waals surface area contributed by atoms with E-state index in [1.807, 2.05) is 18.3 Å². The molecule has 1 unspecified atom stereocenters. The number of hydrogen-bond acceptors (Lipinski definition) is 0. The molecule has 0 amide bonds. The molecule has 98 valence electrons. The van der Waals surface area contributed by atoms with Crippen molar-refractivity contribution in [3.63, 3.8) is 0 Å². The first kappa shape index (κ1) is 15.4. The number of rotatable bonds is 8. The molecule has 1 atom stereocenters. The van der Waals surface area contributed by atoms with Crippen molar-refractivity contribution in [2.75, 3.05) is 0 Å². The predicted octanol–water partition coefficient (Wildman–Crippen LogP) is 5.65. The van der Waals surface area contributed by atoms with Gasteiger partial charge in [0, 0.05) is 17.4 Å². The molecular formula is C12H20Cl3NSi. The van der Waals surface area contributed by atoms with Gasteiger partial charge in [-0.15, -0.1) is 33.2 Å². The Morgan fingerprint density at radius 3 is 2.41 bits per heavy atom. The standard InChI is InChI=1S/C12H20Cl3NSi/c1-2-3-4-5-6-9-12(17(13,14)15)11-8-7-10-16-11/h7-8,10,12,16H,2-6,9H2,1H3. The van der Waals surface area contributed by atoms with Gasteiger partial charge >= 0.3 is 6.00 Å². The summed E-state index contributed by atoms with van der Waals surface area (Å²) in [6, 6.07) is 1.31. The first-order valence-electron chi connectivity index (χ1n) is 6.25. The second-order valence-electron chi connectivity index (χ2n) is 4.42. The van der Waals surface area contributed by atoms with Gasteiger partial charge in [-0.2, -0.15) is 0 Å². The average molecular weight is 313 g/mol. The van der Waals surface area contributed by atoms with Gasteiger partial charge in [-0.25, -0.2) is 0 Å². The minimum atomic E-state index is -2.67. The zero-order valence-electron chi connectivity index (χ0n) is 10.2. The minimum Gasteiger partial charge on any atom is -0.365 e. The molecule has 0 aliphatic heterocycles. The summed E-state index contributed by atoms with van der Waals surface area (Å²) in [6.45, 7) is 2.22. The predicted molar refractivity (Wildman–Crippen MR) is 80.2 cm³/mol. The third-order valence-electron chi connectivity index (χ3n) is 2.99. The Morgan fingerprint density at radius 2 is 1.88 bits per heavy atom. The van der Waals surface area contributed by atoms with E-state index in [0.29, 0.717) is 0 Å². The molecule has 1 nitrogen and oxygen atoms in total. The van der Waals surface area contributed by atoms with Crippen molar-refractivity contribution < 1.29 is 0 Å². The second kappa shape index (κ2) is 7.73. The molecule has 0 spiro atoms. The van der Waals surface area contributed by atoms with Crippen molar-refractivity contribution in [3.8, 4) is 0 Å². The van der Waals surface area contributed by atoms with E-state index in [1.54, 1.807) is 0 Å². The summed E-state index contributed by atoms with van der Waals surface area (Å²) in [5, 5.41) is 0. The van der Waals surface area contributed by atoms with E-state index in [-0.39, 0.29) is 5.54 Å². The molecule has 1 N–H and O–H groups in total. The number of nitrogens with one attached hydrogen (secondary N) is 1. The monoisotopic (exact) mass is 311 g/mol. The number of H-pyrrole nitrogens is 1. The van der Waals surface area contributed by atoms with Gasteiger partial charge in [0.2, 0.25) is 0 Å². The topological polar surface area (TPSA) is 15.8 Å². The maximum absolute atomic E-state index is 6.18. The van der Waals surface area contributed by atoms with Crippen LogP contribution in [-0.4, -0.2) is 11.0 Å². The summed E-state index contributed by atoms with van der Waals surface area (Å²) in [5.74, 6) is 0. The third-order valence-corrected chi connectivity index (χ3v) is 6.75. The summed E-state index contributed by atoms with van der Waals surface area (Å²) in [5.41, 5.74) is 1.18. The van der Waals surface area contributed by atoms with Crippen molar-refractivity contribution in [1.29, 1.82) is 0 Å². The summed E-state index contributed by atoms with van der Waals surface area (Å²) in [7, 11) is 0. The van der Waals surface area contributed by atoms with Crippen LogP contribution in [0, 0.1) is 0 Å². The van der Waals surface area contributed by atoms with E-state index in [1.165, 1.54) is 25.7 Å². The molecule has 0 aliphatic carbocycles. The van der Waals surface area contributed by atoms with Crippen LogP contribution in [0.15, 0.2) is 18.3 Å². The van der Waals surface area contributed by atoms with Crippen LogP contribution in [0.4, 0.5) is 0 Å². The molecule has 0 bridgehead atoms. The largest absolute Gasteiger partial charge is 0.365 e. The average Bonchev–Trinajstić information content (AvgIpc) is 2.74. The molecule has 0 aliphatic rings. The number of aromatic nitrogens is 1. The fourth-order valence-electron chi connectivity index (χ4n) is 2.01. The Labute approximate surface area is 119 Å². The highest BCUT2D eigenvalue weighted by Crippen LogP contribution is 2.39. The molecule has 1 heterocycles. The van der Waals surface area contributed by atoms with Crippen LogP contribution in [0.2, 0.25) is 0 Å². The molecule has 1 aromatic heterocycles. The summed E-state index contributed by atoms with van der Waals surface area (Å²) in [4.78, 5) is 3.18. The van der Waals surface area contributed by atoms with E-state index in [9.17, 15) is 0 Å². The van der Waals surface area contributed by atoms with Crippen molar-refractivity contribution in [2.45, 2.75) is 51.0 Å². The Kier molecular flexibility index (Phi) is 7.01. The van der Waals surface area contributed by atoms with Gasteiger partial charge in [0.15, 0.2) is 0 Å². The van der Waals surface area contributed by atoms with E-state index in [0.717, 1.165) is 18.5 Å². The van der Waals surface area contributed by atoms with Crippen LogP contribution in [0.25, 0.3) is 0 Å². The Hall–Kier alpha value is 0.367. The quantitative estimate of drug-likeness (QED) is 0.362. The summed E-state index contributed by atoms with van der Waals surface area (Å²) < 4.78 is 0. The van der Waals surface area contributed by atoms with Gasteiger partial charge < -0.3 is 4.98 Å². The van der Waals surface area contributed by atoms with E-state index < -0.39 is 6.00 Å². The maximum Gasteiger partial charge on any atom is 0.349 e. The number of halogens is 3. The van der Waals surface area contributed by atoms with Gasteiger partial charge in [-0.3, -0.25) is 0 Å². The van der Waals surface area contributed by atoms with Crippen molar-refractivity contribution in [2.24, 2.45) is 0 Å². The van der Waals surface area contributed by atoms with E-state index >= 15 is 0 Å². The molecule has 5 heteroatoms. The van der Waals surface area contributed by atoms with E-state index in [4.69, 9.17) is 33.2 Å². The number of aromatic amines is 1. The highest BCUT2D eigenvalue weighted by molar-refractivity contribution is 7.65. The highest BCUT2D eigenvalue weighted by atomic mass is 35.8. The molecular weight excluding hydrogens is 293 g/mol. The molecule has 1 rings (SSSR count). The van der Waals surface area contributed by atoms with Crippen molar-refractivity contribution in [3.05, 3.63) is 24.0 Å². The zero-order valence-corrected chi connectivity index (χ0v) is 13.5. The number of unbranched alkanes of at least 4 members (excludes halogenated alkanes) is 4. The minimum absolute atomic E-state index is 0.101. The molecule has 0 fully saturated rings. The van der Waals surface area contributed by atoms with E-state index in [2.05, 4.69) is 11.9 Å². The fraction of sp³-hybridized carbons (Fsp3) is 0.667. The zero-order chi connectivity index (χ0) is 12.7. The van der Waals surface area contributed by atoms with Crippen LogP contribution in [-0.2, 0) is 0 Å². The first-order chi connectivity index (χ1) is 8.05. The van der Waals surface area contributed by atoms with Crippen LogP contribution in [0.1, 0.15) is 56.7 Å². The molecule has 0 saturated carbocycles. The van der Waals surface area contributed by atoms with Crippen LogP contribution in [0.3, 0.4) is 0 Å². The first-order valence-corrected chi connectivity index (χ1v) is 11.4. The van der Waals surface area contributed by atoms with Gasteiger partial charge in [0.25, 0.3) is 0 Å². The summed E-state index contributed by atoms with van der Waals surface area (Å²) >= 11 is 18.5. The lowest BCUT2D eigenvalue weighted by Crippen LogP contribution is -2.23. The molecule has 17 heavy (non-hydrogen) atoms. The lowest BCUT2D eigenvalue weighted by molar-refractivity contribution is 0.596. The molecule has 0 radical (unpaired) electrons. The van der Waals surface area contributed by atoms with Crippen molar-refractivity contribution >= 4 is 39.2 Å². The summed E-state index contributed by atoms with van der Waals surface area (Å²) in [6.07, 6.45) is 9.11. The molecule has 0 saturated heterocycles. The van der Waals surface area contributed by atoms with Crippen molar-refractivity contribution in [1.82, 2.24) is 4.98 Å². The SMILES string of the molecule is CCCCCCCC(c1ccc[nH]1)[Si](Cl)(Cl)Cl. The fourth-order valence-corrected chi connectivity index (χ4v) is 5.11. The van der Waals surface area contributed by atoms with Crippen LogP contribution in [0.5, 0.6) is 0 Å². The normalized spacial score (nSPS) is 13.9. The van der Waals surface area contributed by atoms with Gasteiger partial charge in [0.1, 0.15) is 0 Å². The molecule has 0 aromatic carbocycles. The second-order valence-corrected chi connectivity index (χ2v) is 13.3. The molecule has 1 aromatic rings. The van der Waals surface area contributed by atoms with Crippen LogP contribution >= 0.6 is 33.2 Å². The highest BCUT2D eigenvalue weighted by Gasteiger charge is 2.37. The van der Waals surface area contributed by atoms with Crippen LogP contribution < -0.4 is 0 Å². The Morgan fingerprint density at radius 1 is 1.18 bits per heavy atom. The van der Waals surface area contributed by atoms with Gasteiger partial charge in [-0.1, -0.05) is 39.0 Å². The van der Waals surface area contributed by atoms with Gasteiger partial charge in [0.05, 0.1) is 0 Å². The maximum atomic E-state index is 6.18. The lowest BCUT2D eigenvalue weighted by Gasteiger charge is -2.21. The smallest absolute Gasteiger partial charge is 0.349 e. The Balaban J connectivity index is 2.44. The number of hydrogen-bond donors (Lipinski definition) is 1. The lowest BCUT2D eigenvalue weighted by atomic mass is 10.1. The van der Waals surface area contributed by atoms with Gasteiger partial charge in [-0.05, 0) is 18.6 Å². The Bertz CT molecular complexity index is 295. The third kappa shape index (κ3) is 5.69.